The average molecular weight is 350 g/mol. The van der Waals surface area contributed by atoms with Crippen molar-refractivity contribution in [3.05, 3.63) is 27.2 Å². The molecule has 0 aromatic heterocycles. The van der Waals surface area contributed by atoms with Crippen LogP contribution in [0.1, 0.15) is 26.2 Å². The Kier molecular flexibility index (Phi) is 6.18. The van der Waals surface area contributed by atoms with Crippen LogP contribution in [0.4, 0.5) is 5.69 Å². The summed E-state index contributed by atoms with van der Waals surface area (Å²) in [6, 6.07) is 3.14. The largest absolute Gasteiger partial charge is 0.324 e. The molecule has 21 heavy (non-hydrogen) atoms. The molecule has 0 spiro atoms. The zero-order valence-corrected chi connectivity index (χ0v) is 14.2. The Balaban J connectivity index is 1.95. The van der Waals surface area contributed by atoms with Gasteiger partial charge in [-0.25, -0.2) is 0 Å². The minimum atomic E-state index is -0.0702. The number of anilines is 1. The first-order valence-electron chi connectivity index (χ1n) is 7.12. The Morgan fingerprint density at radius 2 is 2.05 bits per heavy atom. The number of carbonyl (C=O) groups is 1. The number of hydrogen-bond donors (Lipinski definition) is 2. The Labute approximate surface area is 140 Å². The highest BCUT2D eigenvalue weighted by Gasteiger charge is 2.22. The summed E-state index contributed by atoms with van der Waals surface area (Å²) in [5.41, 5.74) is 0.432. The first kappa shape index (κ1) is 16.9. The molecule has 2 unspecified atom stereocenters. The van der Waals surface area contributed by atoms with Crippen LogP contribution in [0.25, 0.3) is 0 Å². The lowest BCUT2D eigenvalue weighted by Gasteiger charge is -2.28. The number of halogens is 3. The number of rotatable bonds is 4. The molecule has 2 N–H and O–H groups in total. The number of piperidine rings is 1. The van der Waals surface area contributed by atoms with Crippen molar-refractivity contribution < 1.29 is 4.79 Å². The first-order valence-corrected chi connectivity index (χ1v) is 8.26. The number of carbonyl (C=O) groups excluding carboxylic acids is 1. The van der Waals surface area contributed by atoms with Crippen LogP contribution in [0.15, 0.2) is 12.1 Å². The number of benzene rings is 1. The van der Waals surface area contributed by atoms with E-state index in [4.69, 9.17) is 34.8 Å². The maximum Gasteiger partial charge on any atom is 0.224 e. The van der Waals surface area contributed by atoms with Gasteiger partial charge in [-0.15, -0.1) is 0 Å². The van der Waals surface area contributed by atoms with Crippen molar-refractivity contribution in [3.63, 3.8) is 0 Å². The van der Waals surface area contributed by atoms with Crippen molar-refractivity contribution in [3.8, 4) is 0 Å². The van der Waals surface area contributed by atoms with Gasteiger partial charge in [0.15, 0.2) is 0 Å². The van der Waals surface area contributed by atoms with Crippen LogP contribution in [0.3, 0.4) is 0 Å². The molecule has 3 nitrogen and oxygen atoms in total. The highest BCUT2D eigenvalue weighted by atomic mass is 35.5. The third-order valence-corrected chi connectivity index (χ3v) is 4.73. The SMILES string of the molecule is CC(CC(=O)Nc1c(Cl)cc(Cl)cc1Cl)C1CCCNC1. The van der Waals surface area contributed by atoms with Gasteiger partial charge in [-0.1, -0.05) is 41.7 Å². The highest BCUT2D eigenvalue weighted by Crippen LogP contribution is 2.34. The second-order valence-electron chi connectivity index (χ2n) is 5.58. The normalized spacial score (nSPS) is 20.1. The molecule has 2 rings (SSSR count). The fraction of sp³-hybridized carbons (Fsp3) is 0.533. The van der Waals surface area contributed by atoms with Gasteiger partial charge in [-0.05, 0) is 49.9 Å². The lowest BCUT2D eigenvalue weighted by molar-refractivity contribution is -0.117. The van der Waals surface area contributed by atoms with Gasteiger partial charge in [0.05, 0.1) is 15.7 Å². The van der Waals surface area contributed by atoms with E-state index >= 15 is 0 Å². The van der Waals surface area contributed by atoms with Crippen LogP contribution in [-0.2, 0) is 4.79 Å². The van der Waals surface area contributed by atoms with Crippen molar-refractivity contribution in [1.82, 2.24) is 5.32 Å². The molecule has 1 amide bonds. The molecular weight excluding hydrogens is 331 g/mol. The van der Waals surface area contributed by atoms with Gasteiger partial charge in [0.2, 0.25) is 5.91 Å². The van der Waals surface area contributed by atoms with E-state index in [1.807, 2.05) is 0 Å². The summed E-state index contributed by atoms with van der Waals surface area (Å²) < 4.78 is 0. The zero-order valence-electron chi connectivity index (χ0n) is 11.9. The Morgan fingerprint density at radius 3 is 2.62 bits per heavy atom. The van der Waals surface area contributed by atoms with Crippen LogP contribution in [0, 0.1) is 11.8 Å². The summed E-state index contributed by atoms with van der Waals surface area (Å²) in [5, 5.41) is 7.33. The zero-order chi connectivity index (χ0) is 15.4. The van der Waals surface area contributed by atoms with Gasteiger partial charge in [0.1, 0.15) is 0 Å². The molecule has 0 radical (unpaired) electrons. The van der Waals surface area contributed by atoms with Crippen molar-refractivity contribution >= 4 is 46.4 Å². The number of nitrogens with one attached hydrogen (secondary N) is 2. The summed E-state index contributed by atoms with van der Waals surface area (Å²) in [6.45, 7) is 4.17. The topological polar surface area (TPSA) is 41.1 Å². The summed E-state index contributed by atoms with van der Waals surface area (Å²) in [5.74, 6) is 0.794. The molecule has 2 atom stereocenters. The Morgan fingerprint density at radius 1 is 1.38 bits per heavy atom. The maximum atomic E-state index is 12.2. The number of amides is 1. The maximum absolute atomic E-state index is 12.2. The lowest BCUT2D eigenvalue weighted by atomic mass is 9.85. The summed E-state index contributed by atoms with van der Waals surface area (Å²) in [7, 11) is 0. The van der Waals surface area contributed by atoms with Gasteiger partial charge in [-0.3, -0.25) is 4.79 Å². The monoisotopic (exact) mass is 348 g/mol. The van der Waals surface area contributed by atoms with E-state index in [2.05, 4.69) is 17.6 Å². The van der Waals surface area contributed by atoms with E-state index in [1.54, 1.807) is 12.1 Å². The van der Waals surface area contributed by atoms with E-state index in [-0.39, 0.29) is 5.91 Å². The van der Waals surface area contributed by atoms with Gasteiger partial charge >= 0.3 is 0 Å². The van der Waals surface area contributed by atoms with E-state index < -0.39 is 0 Å². The van der Waals surface area contributed by atoms with E-state index in [1.165, 1.54) is 12.8 Å². The Hall–Kier alpha value is -0.480. The summed E-state index contributed by atoms with van der Waals surface area (Å²) in [6.07, 6.45) is 2.80. The average Bonchev–Trinajstić information content (AvgIpc) is 2.43. The third-order valence-electron chi connectivity index (χ3n) is 3.92. The predicted octanol–water partition coefficient (Wildman–Crippen LogP) is 4.61. The second-order valence-corrected chi connectivity index (χ2v) is 6.83. The van der Waals surface area contributed by atoms with Crippen molar-refractivity contribution in [2.45, 2.75) is 26.2 Å². The predicted molar refractivity (Wildman–Crippen MR) is 89.5 cm³/mol. The smallest absolute Gasteiger partial charge is 0.224 e. The molecule has 1 aromatic rings. The fourth-order valence-electron chi connectivity index (χ4n) is 2.68. The standard InChI is InChI=1S/C15H19Cl3N2O/c1-9(10-3-2-4-19-8-10)5-14(21)20-15-12(17)6-11(16)7-13(15)18/h6-7,9-10,19H,2-5,8H2,1H3,(H,20,21). The minimum Gasteiger partial charge on any atom is -0.324 e. The molecule has 116 valence electrons. The van der Waals surface area contributed by atoms with Crippen LogP contribution in [-0.4, -0.2) is 19.0 Å². The van der Waals surface area contributed by atoms with Crippen LogP contribution in [0.5, 0.6) is 0 Å². The van der Waals surface area contributed by atoms with Gasteiger partial charge in [-0.2, -0.15) is 0 Å². The van der Waals surface area contributed by atoms with E-state index in [0.717, 1.165) is 13.1 Å². The van der Waals surface area contributed by atoms with Gasteiger partial charge in [0.25, 0.3) is 0 Å². The van der Waals surface area contributed by atoms with Gasteiger partial charge in [0, 0.05) is 11.4 Å². The van der Waals surface area contributed by atoms with Crippen LogP contribution in [0.2, 0.25) is 15.1 Å². The van der Waals surface area contributed by atoms with Crippen molar-refractivity contribution in [2.75, 3.05) is 18.4 Å². The molecule has 0 bridgehead atoms. The first-order chi connectivity index (χ1) is 9.97. The number of hydrogen-bond acceptors (Lipinski definition) is 2. The fourth-order valence-corrected chi connectivity index (χ4v) is 3.59. The molecule has 1 aliphatic rings. The molecule has 1 heterocycles. The van der Waals surface area contributed by atoms with Crippen molar-refractivity contribution in [2.24, 2.45) is 11.8 Å². The quantitative estimate of drug-likeness (QED) is 0.833. The van der Waals surface area contributed by atoms with Gasteiger partial charge < -0.3 is 10.6 Å². The van der Waals surface area contributed by atoms with E-state index in [0.29, 0.717) is 39.0 Å². The second kappa shape index (κ2) is 7.68. The molecule has 0 aliphatic carbocycles. The van der Waals surface area contributed by atoms with E-state index in [9.17, 15) is 4.79 Å². The third kappa shape index (κ3) is 4.75. The Bertz CT molecular complexity index is 493. The molecule has 1 aliphatic heterocycles. The summed E-state index contributed by atoms with van der Waals surface area (Å²) >= 11 is 18.0. The van der Waals surface area contributed by atoms with Crippen LogP contribution >= 0.6 is 34.8 Å². The molecule has 1 saturated heterocycles. The molecule has 6 heteroatoms. The molecular formula is C15H19Cl3N2O. The van der Waals surface area contributed by atoms with Crippen LogP contribution < -0.4 is 10.6 Å². The summed E-state index contributed by atoms with van der Waals surface area (Å²) in [4.78, 5) is 12.2. The lowest BCUT2D eigenvalue weighted by Crippen LogP contribution is -2.34. The molecule has 0 saturated carbocycles. The molecule has 1 aromatic carbocycles. The minimum absolute atomic E-state index is 0.0702. The van der Waals surface area contributed by atoms with Crippen molar-refractivity contribution in [1.29, 1.82) is 0 Å². The molecule has 1 fully saturated rings. The highest BCUT2D eigenvalue weighted by molar-refractivity contribution is 6.42.